The quantitative estimate of drug-likeness (QED) is 0.770. The molecule has 0 aromatic carbocycles. The second kappa shape index (κ2) is 3.51. The van der Waals surface area contributed by atoms with Crippen LogP contribution in [0.2, 0.25) is 5.02 Å². The summed E-state index contributed by atoms with van der Waals surface area (Å²) in [5, 5.41) is 0.336. The van der Waals surface area contributed by atoms with Crippen LogP contribution in [-0.4, -0.2) is 14.7 Å². The molecule has 5 heteroatoms. The van der Waals surface area contributed by atoms with Gasteiger partial charge in [-0.05, 0) is 11.5 Å². The van der Waals surface area contributed by atoms with Crippen molar-refractivity contribution >= 4 is 32.8 Å². The Bertz CT molecular complexity index is 438. The van der Waals surface area contributed by atoms with E-state index in [9.17, 15) is 8.42 Å². The van der Waals surface area contributed by atoms with Gasteiger partial charge in [-0.1, -0.05) is 32.4 Å². The van der Waals surface area contributed by atoms with Crippen LogP contribution in [0.4, 0.5) is 0 Å². The van der Waals surface area contributed by atoms with Crippen molar-refractivity contribution in [1.82, 2.24) is 0 Å². The minimum atomic E-state index is -3.19. The smallest absolute Gasteiger partial charge is 0.186 e. The second-order valence-corrected chi connectivity index (χ2v) is 7.94. The molecule has 0 spiro atoms. The first kappa shape index (κ1) is 12.0. The van der Waals surface area contributed by atoms with Crippen LogP contribution in [0.5, 0.6) is 0 Å². The van der Waals surface area contributed by atoms with Gasteiger partial charge in [0.05, 0.1) is 5.02 Å². The standard InChI is InChI=1S/C9H13ClO2S2/c1-9(2,3)7-5-6(10)8(13-7)14(4,11)12/h5H,1-4H3. The molecule has 1 heterocycles. The van der Waals surface area contributed by atoms with Gasteiger partial charge in [0.25, 0.3) is 0 Å². The predicted octanol–water partition coefficient (Wildman–Crippen LogP) is 3.10. The molecule has 0 amide bonds. The lowest BCUT2D eigenvalue weighted by atomic mass is 9.95. The maximum atomic E-state index is 11.3. The Morgan fingerprint density at radius 2 is 1.86 bits per heavy atom. The number of halogens is 1. The Balaban J connectivity index is 3.33. The molecule has 0 fully saturated rings. The molecule has 0 aliphatic carbocycles. The topological polar surface area (TPSA) is 34.1 Å². The predicted molar refractivity (Wildman–Crippen MR) is 61.1 cm³/mol. The van der Waals surface area contributed by atoms with Crippen LogP contribution >= 0.6 is 22.9 Å². The van der Waals surface area contributed by atoms with Crippen LogP contribution in [0.25, 0.3) is 0 Å². The highest BCUT2D eigenvalue weighted by molar-refractivity contribution is 7.92. The molecule has 0 bridgehead atoms. The molecule has 0 unspecified atom stereocenters. The molecule has 0 radical (unpaired) electrons. The van der Waals surface area contributed by atoms with Crippen LogP contribution < -0.4 is 0 Å². The van der Waals surface area contributed by atoms with Gasteiger partial charge in [0.1, 0.15) is 4.21 Å². The van der Waals surface area contributed by atoms with Crippen molar-refractivity contribution in [2.75, 3.05) is 6.26 Å². The highest BCUT2D eigenvalue weighted by atomic mass is 35.5. The Hall–Kier alpha value is -0.0600. The number of sulfone groups is 1. The Labute approximate surface area is 93.8 Å². The summed E-state index contributed by atoms with van der Waals surface area (Å²) < 4.78 is 22.9. The zero-order valence-electron chi connectivity index (χ0n) is 8.59. The Morgan fingerprint density at radius 1 is 1.36 bits per heavy atom. The average Bonchev–Trinajstić information content (AvgIpc) is 2.27. The van der Waals surface area contributed by atoms with Crippen LogP contribution in [-0.2, 0) is 15.3 Å². The minimum Gasteiger partial charge on any atom is -0.223 e. The maximum absolute atomic E-state index is 11.3. The van der Waals surface area contributed by atoms with E-state index in [2.05, 4.69) is 0 Å². The van der Waals surface area contributed by atoms with Crippen LogP contribution in [0.3, 0.4) is 0 Å². The van der Waals surface area contributed by atoms with Crippen molar-refractivity contribution in [3.63, 3.8) is 0 Å². The van der Waals surface area contributed by atoms with Crippen LogP contribution in [0.1, 0.15) is 25.6 Å². The Kier molecular flexibility index (Phi) is 3.01. The van der Waals surface area contributed by atoms with Crippen molar-refractivity contribution in [2.45, 2.75) is 30.4 Å². The third-order valence-corrected chi connectivity index (χ3v) is 5.66. The molecular formula is C9H13ClO2S2. The summed E-state index contributed by atoms with van der Waals surface area (Å²) in [5.74, 6) is 0. The molecule has 1 rings (SSSR count). The summed E-state index contributed by atoms with van der Waals surface area (Å²) in [6.07, 6.45) is 1.18. The van der Waals surface area contributed by atoms with E-state index in [1.807, 2.05) is 20.8 Å². The van der Waals surface area contributed by atoms with Gasteiger partial charge in [-0.15, -0.1) is 11.3 Å². The van der Waals surface area contributed by atoms with Crippen molar-refractivity contribution < 1.29 is 8.42 Å². The van der Waals surface area contributed by atoms with Crippen molar-refractivity contribution in [1.29, 1.82) is 0 Å². The lowest BCUT2D eigenvalue weighted by Crippen LogP contribution is -2.07. The summed E-state index contributed by atoms with van der Waals surface area (Å²) in [6, 6.07) is 1.74. The first-order valence-corrected chi connectivity index (χ1v) is 7.21. The molecule has 0 aliphatic rings. The van der Waals surface area contributed by atoms with Crippen molar-refractivity contribution in [3.8, 4) is 0 Å². The molecule has 0 saturated carbocycles. The molecule has 0 saturated heterocycles. The number of thiophene rings is 1. The molecular weight excluding hydrogens is 240 g/mol. The summed E-state index contributed by atoms with van der Waals surface area (Å²) >= 11 is 7.12. The molecule has 1 aromatic heterocycles. The molecule has 80 valence electrons. The van der Waals surface area contributed by atoms with Gasteiger partial charge in [0.15, 0.2) is 9.84 Å². The zero-order valence-corrected chi connectivity index (χ0v) is 11.0. The van der Waals surface area contributed by atoms with E-state index in [0.29, 0.717) is 5.02 Å². The van der Waals surface area contributed by atoms with Gasteiger partial charge in [-0.3, -0.25) is 0 Å². The summed E-state index contributed by atoms with van der Waals surface area (Å²) in [6.45, 7) is 6.09. The monoisotopic (exact) mass is 252 g/mol. The van der Waals surface area contributed by atoms with E-state index in [1.54, 1.807) is 6.07 Å². The number of hydrogen-bond acceptors (Lipinski definition) is 3. The maximum Gasteiger partial charge on any atom is 0.186 e. The zero-order chi connectivity index (χ0) is 11.1. The number of rotatable bonds is 1. The molecule has 1 aromatic rings. The normalized spacial score (nSPS) is 13.2. The van der Waals surface area contributed by atoms with Gasteiger partial charge in [-0.2, -0.15) is 0 Å². The highest BCUT2D eigenvalue weighted by Crippen LogP contribution is 2.37. The molecule has 14 heavy (non-hydrogen) atoms. The summed E-state index contributed by atoms with van der Waals surface area (Å²) in [5.41, 5.74) is -0.0583. The van der Waals surface area contributed by atoms with E-state index in [1.165, 1.54) is 17.6 Å². The third-order valence-electron chi connectivity index (χ3n) is 1.73. The van der Waals surface area contributed by atoms with Crippen molar-refractivity contribution in [3.05, 3.63) is 16.0 Å². The van der Waals surface area contributed by atoms with Gasteiger partial charge in [0, 0.05) is 11.1 Å². The average molecular weight is 253 g/mol. The lowest BCUT2D eigenvalue weighted by molar-refractivity contribution is 0.604. The van der Waals surface area contributed by atoms with Crippen molar-refractivity contribution in [2.24, 2.45) is 0 Å². The Morgan fingerprint density at radius 3 is 2.07 bits per heavy atom. The van der Waals surface area contributed by atoms with E-state index in [4.69, 9.17) is 11.6 Å². The molecule has 0 aliphatic heterocycles. The third kappa shape index (κ3) is 2.49. The van der Waals surface area contributed by atoms with E-state index in [-0.39, 0.29) is 9.62 Å². The molecule has 0 atom stereocenters. The first-order valence-electron chi connectivity index (χ1n) is 4.12. The fourth-order valence-electron chi connectivity index (χ4n) is 0.975. The van der Waals surface area contributed by atoms with Gasteiger partial charge in [-0.25, -0.2) is 8.42 Å². The fraction of sp³-hybridized carbons (Fsp3) is 0.556. The minimum absolute atomic E-state index is 0.0583. The number of hydrogen-bond donors (Lipinski definition) is 0. The van der Waals surface area contributed by atoms with Crippen LogP contribution in [0, 0.1) is 0 Å². The highest BCUT2D eigenvalue weighted by Gasteiger charge is 2.23. The SMILES string of the molecule is CC(C)(C)c1cc(Cl)c(S(C)(=O)=O)s1. The van der Waals surface area contributed by atoms with Crippen LogP contribution in [0.15, 0.2) is 10.3 Å². The second-order valence-electron chi connectivity index (χ2n) is 4.27. The first-order chi connectivity index (χ1) is 6.12. The van der Waals surface area contributed by atoms with Gasteiger partial charge < -0.3 is 0 Å². The summed E-state index contributed by atoms with van der Waals surface area (Å²) in [4.78, 5) is 0.989. The largest absolute Gasteiger partial charge is 0.223 e. The fourth-order valence-corrected chi connectivity index (χ4v) is 3.81. The lowest BCUT2D eigenvalue weighted by Gasteiger charge is -2.14. The van der Waals surface area contributed by atoms with Gasteiger partial charge in [0.2, 0.25) is 0 Å². The van der Waals surface area contributed by atoms with E-state index in [0.717, 1.165) is 4.88 Å². The molecule has 2 nitrogen and oxygen atoms in total. The van der Waals surface area contributed by atoms with Gasteiger partial charge >= 0.3 is 0 Å². The van der Waals surface area contributed by atoms with E-state index >= 15 is 0 Å². The molecule has 0 N–H and O–H groups in total. The van der Waals surface area contributed by atoms with E-state index < -0.39 is 9.84 Å². The summed E-state index contributed by atoms with van der Waals surface area (Å²) in [7, 11) is -3.19.